The van der Waals surface area contributed by atoms with Crippen molar-refractivity contribution in [3.8, 4) is 10.6 Å². The van der Waals surface area contributed by atoms with Crippen LogP contribution < -0.4 is 0 Å². The standard InChI is InChI=1S/C19H21IN2O2S2/c1-19(2,3)24-18(23)22-8-4-5-13(22)11-6-7-12(21-11)14-9-15-16(25-14)10-17(20)26-15/h6-7,9-10,13,21H,4-5,8H2,1-3H3/t13-/m0/s1. The molecule has 26 heavy (non-hydrogen) atoms. The molecule has 1 fully saturated rings. The molecule has 1 amide bonds. The highest BCUT2D eigenvalue weighted by molar-refractivity contribution is 14.1. The van der Waals surface area contributed by atoms with Gasteiger partial charge in [0.25, 0.3) is 0 Å². The van der Waals surface area contributed by atoms with Gasteiger partial charge in [0.15, 0.2) is 0 Å². The number of aromatic amines is 1. The van der Waals surface area contributed by atoms with Gasteiger partial charge in [-0.1, -0.05) is 0 Å². The van der Waals surface area contributed by atoms with E-state index in [1.165, 1.54) is 17.2 Å². The van der Waals surface area contributed by atoms with Crippen molar-refractivity contribution in [1.82, 2.24) is 9.88 Å². The second-order valence-electron chi connectivity index (χ2n) is 7.55. The lowest BCUT2D eigenvalue weighted by molar-refractivity contribution is 0.0222. The quantitative estimate of drug-likeness (QED) is 0.402. The number of thiophene rings is 2. The van der Waals surface area contributed by atoms with Crippen LogP contribution in [0.25, 0.3) is 20.0 Å². The molecule has 1 N–H and O–H groups in total. The molecule has 0 radical (unpaired) electrons. The van der Waals surface area contributed by atoms with Gasteiger partial charge < -0.3 is 9.72 Å². The van der Waals surface area contributed by atoms with Crippen LogP contribution in [0.5, 0.6) is 0 Å². The van der Waals surface area contributed by atoms with Crippen LogP contribution in [0.2, 0.25) is 0 Å². The molecule has 4 nitrogen and oxygen atoms in total. The SMILES string of the molecule is CC(C)(C)OC(=O)N1CCC[C@H]1c1ccc(-c2cc3sc(I)cc3s2)[nH]1. The van der Waals surface area contributed by atoms with E-state index in [1.54, 1.807) is 0 Å². The first kappa shape index (κ1) is 18.3. The Balaban J connectivity index is 1.56. The molecule has 1 atom stereocenters. The number of nitrogens with zero attached hydrogens (tertiary/aromatic N) is 1. The molecule has 138 valence electrons. The zero-order valence-electron chi connectivity index (χ0n) is 15.0. The van der Waals surface area contributed by atoms with E-state index < -0.39 is 5.60 Å². The average Bonchev–Trinajstić information content (AvgIpc) is 3.27. The van der Waals surface area contributed by atoms with Gasteiger partial charge >= 0.3 is 6.09 Å². The lowest BCUT2D eigenvalue weighted by atomic mass is 10.1. The molecule has 4 rings (SSSR count). The predicted molar refractivity (Wildman–Crippen MR) is 117 cm³/mol. The van der Waals surface area contributed by atoms with E-state index in [-0.39, 0.29) is 12.1 Å². The van der Waals surface area contributed by atoms with E-state index in [0.717, 1.165) is 30.8 Å². The third-order valence-corrected chi connectivity index (χ3v) is 7.48. The van der Waals surface area contributed by atoms with E-state index >= 15 is 0 Å². The maximum absolute atomic E-state index is 12.5. The Labute approximate surface area is 174 Å². The van der Waals surface area contributed by atoms with Crippen molar-refractivity contribution < 1.29 is 9.53 Å². The van der Waals surface area contributed by atoms with Gasteiger partial charge in [0.2, 0.25) is 0 Å². The minimum atomic E-state index is -0.467. The van der Waals surface area contributed by atoms with Crippen molar-refractivity contribution in [2.24, 2.45) is 0 Å². The number of likely N-dealkylation sites (tertiary alicyclic amines) is 1. The number of amides is 1. The Bertz CT molecular complexity index is 919. The molecule has 7 heteroatoms. The molecule has 1 aliphatic heterocycles. The van der Waals surface area contributed by atoms with E-state index in [0.29, 0.717) is 0 Å². The van der Waals surface area contributed by atoms with Crippen molar-refractivity contribution in [2.75, 3.05) is 6.54 Å². The van der Waals surface area contributed by atoms with Gasteiger partial charge in [-0.05, 0) is 80.5 Å². The molecule has 4 heterocycles. The van der Waals surface area contributed by atoms with Gasteiger partial charge in [-0.3, -0.25) is 4.90 Å². The van der Waals surface area contributed by atoms with Crippen LogP contribution in [0.3, 0.4) is 0 Å². The highest BCUT2D eigenvalue weighted by Crippen LogP contribution is 2.40. The number of rotatable bonds is 2. The number of carbonyl (C=O) groups is 1. The molecule has 1 aliphatic rings. The number of nitrogens with one attached hydrogen (secondary N) is 1. The highest BCUT2D eigenvalue weighted by atomic mass is 127. The number of ether oxygens (including phenoxy) is 1. The summed E-state index contributed by atoms with van der Waals surface area (Å²) < 4.78 is 9.57. The number of hydrogen-bond acceptors (Lipinski definition) is 4. The maximum Gasteiger partial charge on any atom is 0.410 e. The smallest absolute Gasteiger partial charge is 0.410 e. The van der Waals surface area contributed by atoms with E-state index in [2.05, 4.69) is 51.8 Å². The Morgan fingerprint density at radius 2 is 2.04 bits per heavy atom. The minimum absolute atomic E-state index is 0.0700. The van der Waals surface area contributed by atoms with Gasteiger partial charge in [-0.15, -0.1) is 22.7 Å². The van der Waals surface area contributed by atoms with Gasteiger partial charge in [0, 0.05) is 21.6 Å². The fourth-order valence-electron chi connectivity index (χ4n) is 3.32. The summed E-state index contributed by atoms with van der Waals surface area (Å²) in [6.45, 7) is 6.48. The minimum Gasteiger partial charge on any atom is -0.444 e. The normalized spacial score (nSPS) is 18.0. The summed E-state index contributed by atoms with van der Waals surface area (Å²) in [4.78, 5) is 19.2. The second kappa shape index (κ2) is 6.83. The number of halogens is 1. The summed E-state index contributed by atoms with van der Waals surface area (Å²) >= 11 is 6.01. The van der Waals surface area contributed by atoms with Crippen LogP contribution in [0, 0.1) is 2.88 Å². The summed E-state index contributed by atoms with van der Waals surface area (Å²) in [5, 5.41) is 0. The number of aromatic nitrogens is 1. The van der Waals surface area contributed by atoms with Crippen LogP contribution in [-0.4, -0.2) is 28.1 Å². The molecule has 0 aliphatic carbocycles. The van der Waals surface area contributed by atoms with E-state index in [9.17, 15) is 4.79 Å². The van der Waals surface area contributed by atoms with Gasteiger partial charge in [0.1, 0.15) is 5.60 Å². The van der Waals surface area contributed by atoms with Gasteiger partial charge in [-0.25, -0.2) is 4.79 Å². The van der Waals surface area contributed by atoms with Crippen LogP contribution in [0.15, 0.2) is 24.3 Å². The zero-order chi connectivity index (χ0) is 18.5. The second-order valence-corrected chi connectivity index (χ2v) is 11.6. The van der Waals surface area contributed by atoms with Gasteiger partial charge in [0.05, 0.1) is 19.5 Å². The molecule has 0 saturated carbocycles. The van der Waals surface area contributed by atoms with Crippen molar-refractivity contribution in [3.63, 3.8) is 0 Å². The maximum atomic E-state index is 12.5. The van der Waals surface area contributed by atoms with Crippen LogP contribution >= 0.6 is 45.3 Å². The van der Waals surface area contributed by atoms with Crippen LogP contribution in [0.4, 0.5) is 4.79 Å². The Hall–Kier alpha value is -1.06. The van der Waals surface area contributed by atoms with E-state index in [4.69, 9.17) is 4.74 Å². The first-order valence-corrected chi connectivity index (χ1v) is 11.4. The first-order valence-electron chi connectivity index (χ1n) is 8.68. The summed E-state index contributed by atoms with van der Waals surface area (Å²) in [7, 11) is 0. The summed E-state index contributed by atoms with van der Waals surface area (Å²) in [6, 6.07) is 8.80. The van der Waals surface area contributed by atoms with Crippen LogP contribution in [0.1, 0.15) is 45.3 Å². The third kappa shape index (κ3) is 3.66. The summed E-state index contributed by atoms with van der Waals surface area (Å²) in [5.74, 6) is 0. The number of H-pyrrole nitrogens is 1. The van der Waals surface area contributed by atoms with Crippen molar-refractivity contribution in [3.05, 3.63) is 32.8 Å². The van der Waals surface area contributed by atoms with Crippen molar-refractivity contribution in [2.45, 2.75) is 45.3 Å². The van der Waals surface area contributed by atoms with Gasteiger partial charge in [-0.2, -0.15) is 0 Å². The monoisotopic (exact) mass is 500 g/mol. The summed E-state index contributed by atoms with van der Waals surface area (Å²) in [5.41, 5.74) is 1.75. The van der Waals surface area contributed by atoms with E-state index in [1.807, 2.05) is 48.3 Å². The molecule has 1 saturated heterocycles. The van der Waals surface area contributed by atoms with Crippen molar-refractivity contribution in [1.29, 1.82) is 0 Å². The molecule has 0 aromatic carbocycles. The molecule has 3 aromatic rings. The first-order chi connectivity index (χ1) is 12.3. The largest absolute Gasteiger partial charge is 0.444 e. The lowest BCUT2D eigenvalue weighted by Gasteiger charge is -2.28. The van der Waals surface area contributed by atoms with Crippen molar-refractivity contribution >= 4 is 60.8 Å². The zero-order valence-corrected chi connectivity index (χ0v) is 18.8. The third-order valence-electron chi connectivity index (χ3n) is 4.39. The Morgan fingerprint density at radius 3 is 2.77 bits per heavy atom. The molecule has 0 unspecified atom stereocenters. The molecule has 0 spiro atoms. The molecular weight excluding hydrogens is 479 g/mol. The molecular formula is C19H21IN2O2S2. The fraction of sp³-hybridized carbons (Fsp3) is 0.421. The lowest BCUT2D eigenvalue weighted by Crippen LogP contribution is -2.36. The number of fused-ring (bicyclic) bond motifs is 1. The Morgan fingerprint density at radius 1 is 1.27 bits per heavy atom. The fourth-order valence-corrected chi connectivity index (χ4v) is 6.65. The number of carbonyl (C=O) groups excluding carboxylic acids is 1. The predicted octanol–water partition coefficient (Wildman–Crippen LogP) is 6.63. The molecule has 0 bridgehead atoms. The Kier molecular flexibility index (Phi) is 4.81. The van der Waals surface area contributed by atoms with Crippen LogP contribution in [-0.2, 0) is 4.74 Å². The number of hydrogen-bond donors (Lipinski definition) is 1. The average molecular weight is 500 g/mol. The topological polar surface area (TPSA) is 45.3 Å². The summed E-state index contributed by atoms with van der Waals surface area (Å²) in [6.07, 6.45) is 1.75. The highest BCUT2D eigenvalue weighted by Gasteiger charge is 2.33. The molecule has 3 aromatic heterocycles.